The Labute approximate surface area is 134 Å². The Morgan fingerprint density at radius 1 is 1.23 bits per heavy atom. The van der Waals surface area contributed by atoms with Gasteiger partial charge in [-0.2, -0.15) is 0 Å². The van der Waals surface area contributed by atoms with Gasteiger partial charge in [-0.15, -0.1) is 0 Å². The van der Waals surface area contributed by atoms with Crippen LogP contribution in [0.25, 0.3) is 0 Å². The maximum atomic E-state index is 12.3. The minimum atomic E-state index is 0.147. The molecule has 0 bridgehead atoms. The average molecular weight is 306 g/mol. The first kappa shape index (κ1) is 18.5. The lowest BCUT2D eigenvalue weighted by Crippen LogP contribution is -2.35. The van der Waals surface area contributed by atoms with E-state index >= 15 is 0 Å². The van der Waals surface area contributed by atoms with E-state index in [1.165, 1.54) is 0 Å². The first-order chi connectivity index (χ1) is 10.3. The standard InChI is InChI=1S/C18H30N2O2/c1-13(2)17(19)10-11-20(4)18(21)12-14(3)15-6-8-16(22-5)9-7-15/h6-9,13-14,17H,10-12,19H2,1-5H3. The van der Waals surface area contributed by atoms with Gasteiger partial charge in [0.25, 0.3) is 0 Å². The summed E-state index contributed by atoms with van der Waals surface area (Å²) in [6.45, 7) is 7.01. The first-order valence-electron chi connectivity index (χ1n) is 7.98. The highest BCUT2D eigenvalue weighted by atomic mass is 16.5. The van der Waals surface area contributed by atoms with Gasteiger partial charge in [-0.05, 0) is 36.0 Å². The number of rotatable bonds is 8. The van der Waals surface area contributed by atoms with Crippen molar-refractivity contribution >= 4 is 5.91 Å². The zero-order chi connectivity index (χ0) is 16.7. The smallest absolute Gasteiger partial charge is 0.222 e. The summed E-state index contributed by atoms with van der Waals surface area (Å²) >= 11 is 0. The number of carbonyl (C=O) groups excluding carboxylic acids is 1. The summed E-state index contributed by atoms with van der Waals surface area (Å²) in [5.74, 6) is 1.64. The molecule has 1 aromatic carbocycles. The number of hydrogen-bond donors (Lipinski definition) is 1. The highest BCUT2D eigenvalue weighted by Crippen LogP contribution is 2.22. The van der Waals surface area contributed by atoms with Gasteiger partial charge in [-0.1, -0.05) is 32.9 Å². The van der Waals surface area contributed by atoms with Crippen molar-refractivity contribution in [1.82, 2.24) is 4.90 Å². The van der Waals surface area contributed by atoms with E-state index in [2.05, 4.69) is 20.8 Å². The van der Waals surface area contributed by atoms with Crippen LogP contribution in [-0.4, -0.2) is 37.6 Å². The molecule has 0 aromatic heterocycles. The molecule has 0 spiro atoms. The van der Waals surface area contributed by atoms with Gasteiger partial charge in [-0.25, -0.2) is 0 Å². The fraction of sp³-hybridized carbons (Fsp3) is 0.611. The van der Waals surface area contributed by atoms with Crippen LogP contribution in [0.2, 0.25) is 0 Å². The number of carbonyl (C=O) groups is 1. The lowest BCUT2D eigenvalue weighted by Gasteiger charge is -2.23. The summed E-state index contributed by atoms with van der Waals surface area (Å²) in [5.41, 5.74) is 7.19. The quantitative estimate of drug-likeness (QED) is 0.803. The molecule has 4 heteroatoms. The van der Waals surface area contributed by atoms with Gasteiger partial charge in [0, 0.05) is 26.1 Å². The van der Waals surface area contributed by atoms with Crippen LogP contribution in [0.5, 0.6) is 5.75 Å². The topological polar surface area (TPSA) is 55.6 Å². The Morgan fingerprint density at radius 2 is 1.82 bits per heavy atom. The largest absolute Gasteiger partial charge is 0.497 e. The molecule has 0 saturated heterocycles. The van der Waals surface area contributed by atoms with Crippen LogP contribution in [0, 0.1) is 5.92 Å². The van der Waals surface area contributed by atoms with Gasteiger partial charge in [0.15, 0.2) is 0 Å². The SMILES string of the molecule is COc1ccc(C(C)CC(=O)N(C)CCC(N)C(C)C)cc1. The molecule has 0 aliphatic heterocycles. The Kier molecular flexibility index (Phi) is 7.39. The molecule has 1 amide bonds. The van der Waals surface area contributed by atoms with Crippen molar-refractivity contribution in [1.29, 1.82) is 0 Å². The average Bonchev–Trinajstić information content (AvgIpc) is 2.51. The second-order valence-electron chi connectivity index (χ2n) is 6.39. The zero-order valence-corrected chi connectivity index (χ0v) is 14.5. The van der Waals surface area contributed by atoms with Crippen molar-refractivity contribution in [2.75, 3.05) is 20.7 Å². The second kappa shape index (κ2) is 8.79. The van der Waals surface area contributed by atoms with Gasteiger partial charge in [-0.3, -0.25) is 4.79 Å². The van der Waals surface area contributed by atoms with E-state index in [4.69, 9.17) is 10.5 Å². The molecule has 22 heavy (non-hydrogen) atoms. The lowest BCUT2D eigenvalue weighted by molar-refractivity contribution is -0.130. The molecular weight excluding hydrogens is 276 g/mol. The van der Waals surface area contributed by atoms with Crippen LogP contribution in [-0.2, 0) is 4.79 Å². The molecule has 4 nitrogen and oxygen atoms in total. The molecule has 0 fully saturated rings. The Morgan fingerprint density at radius 3 is 2.32 bits per heavy atom. The number of amides is 1. The summed E-state index contributed by atoms with van der Waals surface area (Å²) in [4.78, 5) is 14.1. The van der Waals surface area contributed by atoms with Crippen LogP contribution in [0.3, 0.4) is 0 Å². The highest BCUT2D eigenvalue weighted by molar-refractivity contribution is 5.76. The molecule has 1 rings (SSSR count). The Bertz CT molecular complexity index is 457. The number of methoxy groups -OCH3 is 1. The molecule has 1 aromatic rings. The van der Waals surface area contributed by atoms with E-state index in [-0.39, 0.29) is 17.9 Å². The summed E-state index contributed by atoms with van der Waals surface area (Å²) < 4.78 is 5.15. The van der Waals surface area contributed by atoms with E-state index in [0.29, 0.717) is 18.9 Å². The third-order valence-corrected chi connectivity index (χ3v) is 4.25. The molecule has 0 radical (unpaired) electrons. The fourth-order valence-electron chi connectivity index (χ4n) is 2.27. The van der Waals surface area contributed by atoms with Gasteiger partial charge < -0.3 is 15.4 Å². The number of nitrogens with two attached hydrogens (primary N) is 1. The monoisotopic (exact) mass is 306 g/mol. The van der Waals surface area contributed by atoms with E-state index in [1.807, 2.05) is 31.3 Å². The lowest BCUT2D eigenvalue weighted by atomic mass is 9.97. The van der Waals surface area contributed by atoms with Crippen LogP contribution in [0.1, 0.15) is 45.1 Å². The van der Waals surface area contributed by atoms with Gasteiger partial charge in [0.1, 0.15) is 5.75 Å². The molecule has 2 N–H and O–H groups in total. The number of ether oxygens (including phenoxy) is 1. The Hall–Kier alpha value is -1.55. The van der Waals surface area contributed by atoms with Crippen molar-refractivity contribution in [2.45, 2.75) is 45.6 Å². The van der Waals surface area contributed by atoms with E-state index in [0.717, 1.165) is 17.7 Å². The van der Waals surface area contributed by atoms with Crippen molar-refractivity contribution in [3.05, 3.63) is 29.8 Å². The van der Waals surface area contributed by atoms with Crippen LogP contribution < -0.4 is 10.5 Å². The van der Waals surface area contributed by atoms with E-state index < -0.39 is 0 Å². The molecule has 2 unspecified atom stereocenters. The minimum Gasteiger partial charge on any atom is -0.497 e. The van der Waals surface area contributed by atoms with Crippen LogP contribution in [0.4, 0.5) is 0 Å². The molecule has 0 saturated carbocycles. The molecule has 2 atom stereocenters. The maximum Gasteiger partial charge on any atom is 0.222 e. The minimum absolute atomic E-state index is 0.147. The second-order valence-corrected chi connectivity index (χ2v) is 6.39. The highest BCUT2D eigenvalue weighted by Gasteiger charge is 2.16. The Balaban J connectivity index is 2.48. The predicted octanol–water partition coefficient (Wildman–Crippen LogP) is 3.02. The molecule has 0 heterocycles. The van der Waals surface area contributed by atoms with Crippen molar-refractivity contribution in [3.63, 3.8) is 0 Å². The van der Waals surface area contributed by atoms with Crippen LogP contribution >= 0.6 is 0 Å². The van der Waals surface area contributed by atoms with Gasteiger partial charge >= 0.3 is 0 Å². The molecular formula is C18H30N2O2. The first-order valence-corrected chi connectivity index (χ1v) is 7.98. The van der Waals surface area contributed by atoms with Crippen molar-refractivity contribution in [3.8, 4) is 5.75 Å². The van der Waals surface area contributed by atoms with Crippen molar-refractivity contribution in [2.24, 2.45) is 11.7 Å². The zero-order valence-electron chi connectivity index (χ0n) is 14.5. The van der Waals surface area contributed by atoms with Gasteiger partial charge in [0.2, 0.25) is 5.91 Å². The molecule has 0 aliphatic rings. The summed E-state index contributed by atoms with van der Waals surface area (Å²) in [6.07, 6.45) is 1.36. The fourth-order valence-corrected chi connectivity index (χ4v) is 2.27. The number of benzene rings is 1. The number of nitrogens with zero attached hydrogens (tertiary/aromatic N) is 1. The maximum absolute atomic E-state index is 12.3. The van der Waals surface area contributed by atoms with Gasteiger partial charge in [0.05, 0.1) is 7.11 Å². The third-order valence-electron chi connectivity index (χ3n) is 4.25. The van der Waals surface area contributed by atoms with Crippen LogP contribution in [0.15, 0.2) is 24.3 Å². The van der Waals surface area contributed by atoms with Crippen molar-refractivity contribution < 1.29 is 9.53 Å². The molecule has 124 valence electrons. The normalized spacial score (nSPS) is 13.8. The molecule has 0 aliphatic carbocycles. The summed E-state index contributed by atoms with van der Waals surface area (Å²) in [5, 5.41) is 0. The summed E-state index contributed by atoms with van der Waals surface area (Å²) in [7, 11) is 3.51. The predicted molar refractivity (Wildman–Crippen MR) is 91.1 cm³/mol. The number of hydrogen-bond acceptors (Lipinski definition) is 3. The summed E-state index contributed by atoms with van der Waals surface area (Å²) in [6, 6.07) is 8.05. The van der Waals surface area contributed by atoms with E-state index in [1.54, 1.807) is 12.0 Å². The third kappa shape index (κ3) is 5.68. The van der Waals surface area contributed by atoms with E-state index in [9.17, 15) is 4.79 Å².